The maximum absolute atomic E-state index is 13.8. The summed E-state index contributed by atoms with van der Waals surface area (Å²) in [5.74, 6) is -0.321. The fourth-order valence-corrected chi connectivity index (χ4v) is 7.88. The molecule has 3 aliphatic heterocycles. The average molecular weight is 547 g/mol. The monoisotopic (exact) mass is 546 g/mol. The summed E-state index contributed by atoms with van der Waals surface area (Å²) in [5.41, 5.74) is 5.32. The van der Waals surface area contributed by atoms with E-state index in [9.17, 15) is 9.59 Å². The lowest BCUT2D eigenvalue weighted by Gasteiger charge is -2.44. The summed E-state index contributed by atoms with van der Waals surface area (Å²) in [6, 6.07) is 14.5. The molecule has 0 aromatic heterocycles. The van der Waals surface area contributed by atoms with Gasteiger partial charge >= 0.3 is 0 Å². The topological polar surface area (TPSA) is 59.1 Å². The zero-order chi connectivity index (χ0) is 27.0. The molecule has 2 amide bonds. The van der Waals surface area contributed by atoms with E-state index in [0.29, 0.717) is 56.5 Å². The molecule has 2 unspecified atom stereocenters. The molecule has 1 spiro atoms. The molecule has 4 fully saturated rings. The van der Waals surface area contributed by atoms with E-state index < -0.39 is 5.79 Å². The largest absolute Gasteiger partial charge is 0.347 e. The Morgan fingerprint density at radius 1 is 1.03 bits per heavy atom. The number of ether oxygens (including phenoxy) is 2. The summed E-state index contributed by atoms with van der Waals surface area (Å²) in [6.45, 7) is 7.44. The number of fused-ring (bicyclic) bond motifs is 1. The van der Waals surface area contributed by atoms with Gasteiger partial charge < -0.3 is 19.3 Å². The molecule has 0 N–H and O–H groups in total. The van der Waals surface area contributed by atoms with Crippen LogP contribution in [0.4, 0.5) is 0 Å². The molecule has 6 nitrogen and oxygen atoms in total. The summed E-state index contributed by atoms with van der Waals surface area (Å²) in [6.07, 6.45) is 8.07. The molecule has 39 heavy (non-hydrogen) atoms. The van der Waals surface area contributed by atoms with Crippen LogP contribution in [0.2, 0.25) is 0 Å². The van der Waals surface area contributed by atoms with E-state index in [1.807, 2.05) is 35.2 Å². The number of benzene rings is 2. The third-order valence-corrected chi connectivity index (χ3v) is 10.1. The molecule has 7 heteroatoms. The summed E-state index contributed by atoms with van der Waals surface area (Å²) in [7, 11) is 0. The molecule has 1 aliphatic carbocycles. The number of amides is 2. The highest BCUT2D eigenvalue weighted by Gasteiger charge is 2.42. The molecular formula is C32H38N2O4S. The van der Waals surface area contributed by atoms with Gasteiger partial charge in [-0.05, 0) is 61.6 Å². The standard InChI is InChI=1S/C32H38N2O4S/c1-22-7-8-23(2)26(19-22)21-34-27-5-3-4-6-28(27)39-29(31(34)36)20-24-9-11-25(12-10-24)30(35)33-15-13-32(14-16-33)37-17-18-38-32/h7-12,19-20,27-28H,3-6,13-18,21H2,1-2H3/b29-20-. The first-order valence-corrected chi connectivity index (χ1v) is 15.2. The molecule has 3 heterocycles. The number of aryl methyl sites for hydroxylation is 2. The maximum Gasteiger partial charge on any atom is 0.260 e. The molecule has 0 bridgehead atoms. The molecule has 2 aromatic rings. The Labute approximate surface area is 235 Å². The smallest absolute Gasteiger partial charge is 0.260 e. The van der Waals surface area contributed by atoms with Gasteiger partial charge in [0.05, 0.1) is 18.1 Å². The Kier molecular flexibility index (Phi) is 7.58. The third kappa shape index (κ3) is 5.54. The van der Waals surface area contributed by atoms with Crippen LogP contribution >= 0.6 is 11.8 Å². The number of rotatable bonds is 4. The number of thioether (sulfide) groups is 1. The molecule has 2 atom stereocenters. The van der Waals surface area contributed by atoms with Gasteiger partial charge in [0.15, 0.2) is 5.79 Å². The minimum absolute atomic E-state index is 0.0370. The highest BCUT2D eigenvalue weighted by molar-refractivity contribution is 8.04. The predicted molar refractivity (Wildman–Crippen MR) is 154 cm³/mol. The van der Waals surface area contributed by atoms with Gasteiger partial charge in [-0.25, -0.2) is 0 Å². The lowest BCUT2D eigenvalue weighted by Crippen LogP contribution is -2.50. The minimum atomic E-state index is -0.486. The van der Waals surface area contributed by atoms with Gasteiger partial charge in [0.2, 0.25) is 0 Å². The van der Waals surface area contributed by atoms with Crippen molar-refractivity contribution in [3.63, 3.8) is 0 Å². The lowest BCUT2D eigenvalue weighted by molar-refractivity contribution is -0.181. The molecule has 0 radical (unpaired) electrons. The Bertz CT molecular complexity index is 1260. The first-order valence-electron chi connectivity index (χ1n) is 14.3. The Morgan fingerprint density at radius 2 is 1.74 bits per heavy atom. The zero-order valence-corrected chi connectivity index (χ0v) is 23.8. The second kappa shape index (κ2) is 11.1. The molecule has 4 aliphatic rings. The fraction of sp³-hybridized carbons (Fsp3) is 0.500. The van der Waals surface area contributed by atoms with E-state index in [2.05, 4.69) is 36.9 Å². The van der Waals surface area contributed by atoms with E-state index in [0.717, 1.165) is 23.3 Å². The second-order valence-electron chi connectivity index (χ2n) is 11.4. The first kappa shape index (κ1) is 26.6. The number of carbonyl (C=O) groups is 2. The average Bonchev–Trinajstić information content (AvgIpc) is 3.41. The van der Waals surface area contributed by atoms with E-state index in [4.69, 9.17) is 9.47 Å². The first-order chi connectivity index (χ1) is 18.9. The summed E-state index contributed by atoms with van der Waals surface area (Å²) < 4.78 is 11.6. The maximum atomic E-state index is 13.8. The quantitative estimate of drug-likeness (QED) is 0.460. The molecule has 2 aromatic carbocycles. The van der Waals surface area contributed by atoms with Gasteiger partial charge in [0, 0.05) is 49.3 Å². The van der Waals surface area contributed by atoms with Crippen LogP contribution in [-0.2, 0) is 20.8 Å². The Hall–Kier alpha value is -2.61. The molecule has 206 valence electrons. The van der Waals surface area contributed by atoms with E-state index in [-0.39, 0.29) is 17.9 Å². The van der Waals surface area contributed by atoms with Crippen LogP contribution in [0.15, 0.2) is 47.4 Å². The van der Waals surface area contributed by atoms with Crippen LogP contribution < -0.4 is 0 Å². The van der Waals surface area contributed by atoms with Crippen molar-refractivity contribution >= 4 is 29.7 Å². The molecule has 1 saturated carbocycles. The minimum Gasteiger partial charge on any atom is -0.347 e. The van der Waals surface area contributed by atoms with Crippen molar-refractivity contribution < 1.29 is 19.1 Å². The summed E-state index contributed by atoms with van der Waals surface area (Å²) in [5, 5.41) is 0.434. The number of carbonyl (C=O) groups excluding carboxylic acids is 2. The predicted octanol–water partition coefficient (Wildman–Crippen LogP) is 5.71. The highest BCUT2D eigenvalue weighted by atomic mass is 32.2. The van der Waals surface area contributed by atoms with E-state index >= 15 is 0 Å². The van der Waals surface area contributed by atoms with Crippen molar-refractivity contribution in [1.29, 1.82) is 0 Å². The second-order valence-corrected chi connectivity index (χ2v) is 12.7. The van der Waals surface area contributed by atoms with Crippen LogP contribution in [0.25, 0.3) is 6.08 Å². The Balaban J connectivity index is 1.17. The van der Waals surface area contributed by atoms with Crippen LogP contribution in [0.1, 0.15) is 71.1 Å². The number of hydrogen-bond acceptors (Lipinski definition) is 5. The summed E-state index contributed by atoms with van der Waals surface area (Å²) >= 11 is 1.75. The van der Waals surface area contributed by atoms with Crippen molar-refractivity contribution in [2.24, 2.45) is 0 Å². The van der Waals surface area contributed by atoms with Gasteiger partial charge in [-0.3, -0.25) is 9.59 Å². The molecule has 6 rings (SSSR count). The van der Waals surface area contributed by atoms with Gasteiger partial charge in [-0.1, -0.05) is 48.7 Å². The van der Waals surface area contributed by atoms with Crippen molar-refractivity contribution in [2.75, 3.05) is 26.3 Å². The van der Waals surface area contributed by atoms with Crippen LogP contribution in [0, 0.1) is 13.8 Å². The number of nitrogens with zero attached hydrogens (tertiary/aromatic N) is 2. The summed E-state index contributed by atoms with van der Waals surface area (Å²) in [4.78, 5) is 31.8. The number of likely N-dealkylation sites (tertiary alicyclic amines) is 1. The van der Waals surface area contributed by atoms with Gasteiger partial charge in [-0.2, -0.15) is 0 Å². The normalized spacial score (nSPS) is 25.8. The van der Waals surface area contributed by atoms with Crippen molar-refractivity contribution in [3.05, 3.63) is 75.2 Å². The fourth-order valence-electron chi connectivity index (χ4n) is 6.41. The van der Waals surface area contributed by atoms with Gasteiger partial charge in [-0.15, -0.1) is 11.8 Å². The van der Waals surface area contributed by atoms with Crippen LogP contribution in [0.5, 0.6) is 0 Å². The zero-order valence-electron chi connectivity index (χ0n) is 23.0. The van der Waals surface area contributed by atoms with Gasteiger partial charge in [0.25, 0.3) is 11.8 Å². The van der Waals surface area contributed by atoms with Crippen molar-refractivity contribution in [3.8, 4) is 0 Å². The van der Waals surface area contributed by atoms with Crippen molar-refractivity contribution in [1.82, 2.24) is 9.80 Å². The number of hydrogen-bond donors (Lipinski definition) is 0. The SMILES string of the molecule is Cc1ccc(C)c(CN2C(=O)/C(=C/c3ccc(C(=O)N4CCC5(CC4)OCCO5)cc3)SC3CCCCC32)c1. The van der Waals surface area contributed by atoms with E-state index in [1.54, 1.807) is 11.8 Å². The third-order valence-electron chi connectivity index (χ3n) is 8.74. The molecular weight excluding hydrogens is 508 g/mol. The van der Waals surface area contributed by atoms with Crippen LogP contribution in [-0.4, -0.2) is 65.0 Å². The highest BCUT2D eigenvalue weighted by Crippen LogP contribution is 2.43. The number of piperidine rings is 1. The molecule has 3 saturated heterocycles. The van der Waals surface area contributed by atoms with Gasteiger partial charge in [0.1, 0.15) is 0 Å². The Morgan fingerprint density at radius 3 is 2.49 bits per heavy atom. The van der Waals surface area contributed by atoms with Crippen molar-refractivity contribution in [2.45, 2.75) is 76.0 Å². The van der Waals surface area contributed by atoms with E-state index in [1.165, 1.54) is 29.5 Å². The lowest BCUT2D eigenvalue weighted by atomic mass is 9.92. The van der Waals surface area contributed by atoms with Crippen LogP contribution in [0.3, 0.4) is 0 Å².